The van der Waals surface area contributed by atoms with Crippen LogP contribution in [-0.2, 0) is 7.05 Å². The van der Waals surface area contributed by atoms with Crippen molar-refractivity contribution in [3.63, 3.8) is 0 Å². The average molecular weight is 276 g/mol. The number of aromatic nitrogens is 2. The number of hydrogen-bond acceptors (Lipinski definition) is 3. The van der Waals surface area contributed by atoms with Crippen molar-refractivity contribution >= 4 is 17.2 Å². The van der Waals surface area contributed by atoms with Gasteiger partial charge in [-0.3, -0.25) is 4.68 Å². The largest absolute Gasteiger partial charge is 0.394 e. The number of rotatable bonds is 4. The van der Waals surface area contributed by atoms with Crippen LogP contribution in [0.15, 0.2) is 24.3 Å². The molecule has 1 aromatic heterocycles. The molecular formula is C15H21FN4. The lowest BCUT2D eigenvalue weighted by Gasteiger charge is -2.23. The number of nitrogens with two attached hydrogens (primary N) is 1. The zero-order valence-corrected chi connectivity index (χ0v) is 12.4. The van der Waals surface area contributed by atoms with Crippen LogP contribution in [0.25, 0.3) is 0 Å². The minimum Gasteiger partial charge on any atom is -0.394 e. The molecular weight excluding hydrogens is 255 g/mol. The molecule has 0 aliphatic heterocycles. The van der Waals surface area contributed by atoms with Crippen molar-refractivity contribution in [3.8, 4) is 0 Å². The van der Waals surface area contributed by atoms with Crippen LogP contribution in [0.2, 0.25) is 0 Å². The Morgan fingerprint density at radius 1 is 1.40 bits per heavy atom. The summed E-state index contributed by atoms with van der Waals surface area (Å²) in [5, 5.41) is 4.48. The fraction of sp³-hybridized carbons (Fsp3) is 0.400. The fourth-order valence-corrected chi connectivity index (χ4v) is 2.40. The molecule has 0 saturated heterocycles. The minimum absolute atomic E-state index is 0.251. The van der Waals surface area contributed by atoms with E-state index in [4.69, 9.17) is 5.73 Å². The molecule has 108 valence electrons. The van der Waals surface area contributed by atoms with Gasteiger partial charge in [0.25, 0.3) is 0 Å². The van der Waals surface area contributed by atoms with E-state index in [1.807, 2.05) is 24.9 Å². The maximum absolute atomic E-state index is 13.4. The Bertz CT molecular complexity index is 604. The lowest BCUT2D eigenvalue weighted by atomic mass is 10.1. The molecule has 2 N–H and O–H groups in total. The molecule has 1 aromatic carbocycles. The molecule has 1 heterocycles. The summed E-state index contributed by atoms with van der Waals surface area (Å²) in [5.74, 6) is 0.800. The minimum atomic E-state index is -0.259. The number of aryl methyl sites for hydroxylation is 1. The smallest absolute Gasteiger partial charge is 0.154 e. The van der Waals surface area contributed by atoms with Crippen molar-refractivity contribution in [1.29, 1.82) is 0 Å². The number of halogens is 1. The summed E-state index contributed by atoms with van der Waals surface area (Å²) in [7, 11) is 1.86. The van der Waals surface area contributed by atoms with Gasteiger partial charge in [-0.05, 0) is 31.0 Å². The van der Waals surface area contributed by atoms with E-state index in [1.54, 1.807) is 10.7 Å². The summed E-state index contributed by atoms with van der Waals surface area (Å²) in [6, 6.07) is 6.51. The molecule has 0 aliphatic rings. The predicted octanol–water partition coefficient (Wildman–Crippen LogP) is 3.42. The highest BCUT2D eigenvalue weighted by molar-refractivity contribution is 5.74. The van der Waals surface area contributed by atoms with Crippen molar-refractivity contribution in [2.75, 3.05) is 17.2 Å². The molecule has 2 rings (SSSR count). The highest BCUT2D eigenvalue weighted by atomic mass is 19.1. The second-order valence-corrected chi connectivity index (χ2v) is 5.12. The van der Waals surface area contributed by atoms with Gasteiger partial charge in [-0.1, -0.05) is 19.9 Å². The molecule has 5 heteroatoms. The van der Waals surface area contributed by atoms with E-state index in [1.165, 1.54) is 12.1 Å². The van der Waals surface area contributed by atoms with Gasteiger partial charge in [-0.15, -0.1) is 0 Å². The van der Waals surface area contributed by atoms with Crippen LogP contribution in [-0.4, -0.2) is 16.3 Å². The Labute approximate surface area is 119 Å². The van der Waals surface area contributed by atoms with Crippen molar-refractivity contribution < 1.29 is 4.39 Å². The van der Waals surface area contributed by atoms with Gasteiger partial charge in [0.05, 0.1) is 11.4 Å². The van der Waals surface area contributed by atoms with E-state index in [-0.39, 0.29) is 11.7 Å². The first-order chi connectivity index (χ1) is 9.45. The van der Waals surface area contributed by atoms with Gasteiger partial charge < -0.3 is 10.6 Å². The summed E-state index contributed by atoms with van der Waals surface area (Å²) in [4.78, 5) is 1.97. The third kappa shape index (κ3) is 2.48. The Balaban J connectivity index is 2.53. The first kappa shape index (κ1) is 14.4. The van der Waals surface area contributed by atoms with Crippen LogP contribution in [0.1, 0.15) is 32.4 Å². The van der Waals surface area contributed by atoms with Gasteiger partial charge in [-0.2, -0.15) is 5.10 Å². The van der Waals surface area contributed by atoms with Gasteiger partial charge in [0.2, 0.25) is 0 Å². The summed E-state index contributed by atoms with van der Waals surface area (Å²) in [6.45, 7) is 6.80. The van der Waals surface area contributed by atoms with Gasteiger partial charge in [0.1, 0.15) is 5.82 Å². The highest BCUT2D eigenvalue weighted by Gasteiger charge is 2.21. The summed E-state index contributed by atoms with van der Waals surface area (Å²) in [6.07, 6.45) is 0. The second kappa shape index (κ2) is 5.53. The molecule has 0 radical (unpaired) electrons. The standard InChI is InChI=1S/C15H21FN4/c1-5-20(12-8-6-7-11(16)9-12)15-13(17)14(10(2)3)18-19(15)4/h6-10H,5,17H2,1-4H3. The molecule has 20 heavy (non-hydrogen) atoms. The summed E-state index contributed by atoms with van der Waals surface area (Å²) in [5.41, 5.74) is 8.55. The van der Waals surface area contributed by atoms with E-state index in [0.717, 1.165) is 17.2 Å². The van der Waals surface area contributed by atoms with Crippen molar-refractivity contribution in [3.05, 3.63) is 35.8 Å². The van der Waals surface area contributed by atoms with E-state index in [2.05, 4.69) is 18.9 Å². The predicted molar refractivity (Wildman–Crippen MR) is 80.8 cm³/mol. The van der Waals surface area contributed by atoms with Gasteiger partial charge in [0, 0.05) is 19.3 Å². The molecule has 0 atom stereocenters. The van der Waals surface area contributed by atoms with Gasteiger partial charge >= 0.3 is 0 Å². The van der Waals surface area contributed by atoms with E-state index in [9.17, 15) is 4.39 Å². The number of anilines is 3. The lowest BCUT2D eigenvalue weighted by Crippen LogP contribution is -2.20. The molecule has 0 saturated carbocycles. The Morgan fingerprint density at radius 3 is 2.60 bits per heavy atom. The van der Waals surface area contributed by atoms with Crippen molar-refractivity contribution in [2.24, 2.45) is 7.05 Å². The Morgan fingerprint density at radius 2 is 2.10 bits per heavy atom. The maximum Gasteiger partial charge on any atom is 0.154 e. The molecule has 0 bridgehead atoms. The summed E-state index contributed by atoms with van der Waals surface area (Å²) >= 11 is 0. The van der Waals surface area contributed by atoms with Crippen LogP contribution < -0.4 is 10.6 Å². The normalized spacial score (nSPS) is 11.1. The summed E-state index contributed by atoms with van der Waals surface area (Å²) < 4.78 is 15.2. The maximum atomic E-state index is 13.4. The number of benzene rings is 1. The zero-order chi connectivity index (χ0) is 14.9. The van der Waals surface area contributed by atoms with Crippen LogP contribution in [0.5, 0.6) is 0 Å². The van der Waals surface area contributed by atoms with Gasteiger partial charge in [0.15, 0.2) is 5.82 Å². The first-order valence-electron chi connectivity index (χ1n) is 6.81. The van der Waals surface area contributed by atoms with Crippen LogP contribution in [0.3, 0.4) is 0 Å². The average Bonchev–Trinajstić information content (AvgIpc) is 2.68. The van der Waals surface area contributed by atoms with Gasteiger partial charge in [-0.25, -0.2) is 4.39 Å². The van der Waals surface area contributed by atoms with Crippen molar-refractivity contribution in [2.45, 2.75) is 26.7 Å². The third-order valence-corrected chi connectivity index (χ3v) is 3.32. The monoisotopic (exact) mass is 276 g/mol. The number of hydrogen-bond donors (Lipinski definition) is 1. The van der Waals surface area contributed by atoms with E-state index >= 15 is 0 Å². The number of nitrogens with zero attached hydrogens (tertiary/aromatic N) is 3. The molecule has 0 amide bonds. The van der Waals surface area contributed by atoms with Crippen LogP contribution in [0, 0.1) is 5.82 Å². The quantitative estimate of drug-likeness (QED) is 0.930. The first-order valence-corrected chi connectivity index (χ1v) is 6.81. The van der Waals surface area contributed by atoms with Crippen LogP contribution in [0.4, 0.5) is 21.6 Å². The van der Waals surface area contributed by atoms with E-state index < -0.39 is 0 Å². The Kier molecular flexibility index (Phi) is 3.97. The Hall–Kier alpha value is -2.04. The SMILES string of the molecule is CCN(c1cccc(F)c1)c1c(N)c(C(C)C)nn1C. The second-order valence-electron chi connectivity index (χ2n) is 5.12. The highest BCUT2D eigenvalue weighted by Crippen LogP contribution is 2.34. The number of nitrogen functional groups attached to an aromatic ring is 1. The fourth-order valence-electron chi connectivity index (χ4n) is 2.40. The third-order valence-electron chi connectivity index (χ3n) is 3.32. The van der Waals surface area contributed by atoms with Crippen LogP contribution >= 0.6 is 0 Å². The molecule has 0 aliphatic carbocycles. The lowest BCUT2D eigenvalue weighted by molar-refractivity contribution is 0.627. The topological polar surface area (TPSA) is 47.1 Å². The molecule has 4 nitrogen and oxygen atoms in total. The van der Waals surface area contributed by atoms with Crippen molar-refractivity contribution in [1.82, 2.24) is 9.78 Å². The molecule has 0 unspecified atom stereocenters. The molecule has 0 fully saturated rings. The molecule has 2 aromatic rings. The zero-order valence-electron chi connectivity index (χ0n) is 12.4. The molecule has 0 spiro atoms. The van der Waals surface area contributed by atoms with E-state index in [0.29, 0.717) is 12.2 Å².